The summed E-state index contributed by atoms with van der Waals surface area (Å²) in [6.45, 7) is -0.535. The first kappa shape index (κ1) is 19.9. The molecule has 0 radical (unpaired) electrons. The third kappa shape index (κ3) is 6.40. The summed E-state index contributed by atoms with van der Waals surface area (Å²) in [6.07, 6.45) is 1.23. The summed E-state index contributed by atoms with van der Waals surface area (Å²) < 4.78 is 17.8. The molecule has 8 nitrogen and oxygen atoms in total. The number of hydrogen-bond donors (Lipinski definition) is 3. The van der Waals surface area contributed by atoms with Crippen molar-refractivity contribution in [2.24, 2.45) is 5.10 Å². The number of nitrogens with one attached hydrogen (secondary N) is 2. The minimum atomic E-state index is -1.14. The monoisotopic (exact) mass is 393 g/mol. The first-order chi connectivity index (χ1) is 12.8. The lowest BCUT2D eigenvalue weighted by molar-refractivity contribution is -0.139. The molecule has 2 aromatic rings. The van der Waals surface area contributed by atoms with E-state index in [1.165, 1.54) is 36.5 Å². The zero-order chi connectivity index (χ0) is 19.8. The van der Waals surface area contributed by atoms with Crippen molar-refractivity contribution in [1.29, 1.82) is 0 Å². The molecular formula is C17H13ClFN3O5. The van der Waals surface area contributed by atoms with Gasteiger partial charge >= 0.3 is 17.8 Å². The average Bonchev–Trinajstić information content (AvgIpc) is 2.62. The van der Waals surface area contributed by atoms with Crippen molar-refractivity contribution >= 4 is 41.3 Å². The van der Waals surface area contributed by atoms with Gasteiger partial charge in [-0.15, -0.1) is 0 Å². The summed E-state index contributed by atoms with van der Waals surface area (Å²) in [5.74, 6) is -3.44. The van der Waals surface area contributed by atoms with Crippen LogP contribution in [-0.2, 0) is 14.4 Å². The number of nitrogens with zero attached hydrogens (tertiary/aromatic N) is 1. The molecule has 2 rings (SSSR count). The Morgan fingerprint density at radius 1 is 1.15 bits per heavy atom. The molecular weight excluding hydrogens is 381 g/mol. The van der Waals surface area contributed by atoms with Crippen molar-refractivity contribution in [2.45, 2.75) is 0 Å². The van der Waals surface area contributed by atoms with E-state index in [0.29, 0.717) is 5.56 Å². The number of carboxylic acids is 1. The first-order valence-electron chi connectivity index (χ1n) is 7.39. The van der Waals surface area contributed by atoms with Gasteiger partial charge in [0.15, 0.2) is 6.61 Å². The molecule has 0 heterocycles. The van der Waals surface area contributed by atoms with E-state index in [-0.39, 0.29) is 16.5 Å². The van der Waals surface area contributed by atoms with Gasteiger partial charge in [0.2, 0.25) is 0 Å². The Morgan fingerprint density at radius 2 is 1.85 bits per heavy atom. The zero-order valence-corrected chi connectivity index (χ0v) is 14.4. The van der Waals surface area contributed by atoms with E-state index in [0.717, 1.165) is 12.1 Å². The van der Waals surface area contributed by atoms with Crippen LogP contribution in [0.25, 0.3) is 0 Å². The van der Waals surface area contributed by atoms with Crippen molar-refractivity contribution in [3.05, 3.63) is 58.9 Å². The number of carbonyl (C=O) groups is 3. The van der Waals surface area contributed by atoms with Gasteiger partial charge in [-0.1, -0.05) is 11.6 Å². The van der Waals surface area contributed by atoms with Gasteiger partial charge in [0.05, 0.1) is 11.2 Å². The molecule has 0 aliphatic carbocycles. The molecule has 0 saturated heterocycles. The van der Waals surface area contributed by atoms with Gasteiger partial charge in [0, 0.05) is 5.69 Å². The predicted molar refractivity (Wildman–Crippen MR) is 95.3 cm³/mol. The van der Waals surface area contributed by atoms with Gasteiger partial charge in [0.1, 0.15) is 11.6 Å². The second-order valence-corrected chi connectivity index (χ2v) is 5.44. The fraction of sp³-hybridized carbons (Fsp3) is 0.0588. The standard InChI is InChI=1S/C17H13ClFN3O5/c18-13-7-10(1-6-14(13)27-9-15(23)24)8-20-22-17(26)16(25)21-12-4-2-11(19)3-5-12/h1-8H,9H2,(H,21,25)(H,22,26)(H,23,24)/b20-8-. The Morgan fingerprint density at radius 3 is 2.48 bits per heavy atom. The van der Waals surface area contributed by atoms with Gasteiger partial charge in [-0.2, -0.15) is 5.10 Å². The van der Waals surface area contributed by atoms with Crippen molar-refractivity contribution < 1.29 is 28.6 Å². The van der Waals surface area contributed by atoms with E-state index < -0.39 is 30.2 Å². The van der Waals surface area contributed by atoms with Crippen LogP contribution >= 0.6 is 11.6 Å². The third-order valence-electron chi connectivity index (χ3n) is 3.00. The minimum absolute atomic E-state index is 0.153. The molecule has 0 saturated carbocycles. The number of hydrazone groups is 1. The van der Waals surface area contributed by atoms with E-state index in [9.17, 15) is 18.8 Å². The van der Waals surface area contributed by atoms with Crippen LogP contribution in [0.4, 0.5) is 10.1 Å². The maximum atomic E-state index is 12.8. The van der Waals surface area contributed by atoms with E-state index in [2.05, 4.69) is 10.4 Å². The molecule has 0 atom stereocenters. The highest BCUT2D eigenvalue weighted by Gasteiger charge is 2.12. The van der Waals surface area contributed by atoms with E-state index in [1.54, 1.807) is 0 Å². The first-order valence-corrected chi connectivity index (χ1v) is 7.77. The Balaban J connectivity index is 1.89. The smallest absolute Gasteiger partial charge is 0.341 e. The Hall–Kier alpha value is -3.46. The summed E-state index contributed by atoms with van der Waals surface area (Å²) in [5, 5.41) is 14.6. The molecule has 0 spiro atoms. The minimum Gasteiger partial charge on any atom is -0.480 e. The topological polar surface area (TPSA) is 117 Å². The SMILES string of the molecule is O=C(O)COc1ccc(/C=N\NC(=O)C(=O)Nc2ccc(F)cc2)cc1Cl. The van der Waals surface area contributed by atoms with Crippen LogP contribution in [0, 0.1) is 5.82 Å². The van der Waals surface area contributed by atoms with Gasteiger partial charge in [-0.05, 0) is 48.0 Å². The molecule has 2 aromatic carbocycles. The Bertz CT molecular complexity index is 887. The van der Waals surface area contributed by atoms with Crippen molar-refractivity contribution in [3.63, 3.8) is 0 Å². The number of anilines is 1. The number of aliphatic carboxylic acids is 1. The van der Waals surface area contributed by atoms with Crippen LogP contribution in [-0.4, -0.2) is 35.7 Å². The van der Waals surface area contributed by atoms with E-state index in [4.69, 9.17) is 21.4 Å². The highest BCUT2D eigenvalue weighted by molar-refractivity contribution is 6.39. The van der Waals surface area contributed by atoms with Crippen LogP contribution in [0.1, 0.15) is 5.56 Å². The lowest BCUT2D eigenvalue weighted by atomic mass is 10.2. The van der Waals surface area contributed by atoms with Gasteiger partial charge in [-0.3, -0.25) is 9.59 Å². The number of amides is 2. The molecule has 3 N–H and O–H groups in total. The van der Waals surface area contributed by atoms with Crippen LogP contribution < -0.4 is 15.5 Å². The number of hydrogen-bond acceptors (Lipinski definition) is 5. The van der Waals surface area contributed by atoms with Crippen LogP contribution in [0.2, 0.25) is 5.02 Å². The van der Waals surface area contributed by atoms with E-state index >= 15 is 0 Å². The largest absolute Gasteiger partial charge is 0.480 e. The van der Waals surface area contributed by atoms with E-state index in [1.807, 2.05) is 5.43 Å². The highest BCUT2D eigenvalue weighted by Crippen LogP contribution is 2.24. The van der Waals surface area contributed by atoms with Crippen LogP contribution in [0.3, 0.4) is 0 Å². The summed E-state index contributed by atoms with van der Waals surface area (Å²) in [4.78, 5) is 33.8. The molecule has 0 aliphatic rings. The lowest BCUT2D eigenvalue weighted by Gasteiger charge is -2.06. The molecule has 0 aliphatic heterocycles. The van der Waals surface area contributed by atoms with Crippen molar-refractivity contribution in [2.75, 3.05) is 11.9 Å². The predicted octanol–water partition coefficient (Wildman–Crippen LogP) is 2.03. The molecule has 140 valence electrons. The number of carboxylic acid groups (broad SMARTS) is 1. The summed E-state index contributed by atoms with van der Waals surface area (Å²) in [7, 11) is 0. The lowest BCUT2D eigenvalue weighted by Crippen LogP contribution is -2.32. The highest BCUT2D eigenvalue weighted by atomic mass is 35.5. The maximum absolute atomic E-state index is 12.8. The van der Waals surface area contributed by atoms with Gasteiger partial charge in [0.25, 0.3) is 0 Å². The Labute approximate surface area is 157 Å². The van der Waals surface area contributed by atoms with Gasteiger partial charge in [-0.25, -0.2) is 14.6 Å². The number of benzene rings is 2. The van der Waals surface area contributed by atoms with Crippen molar-refractivity contribution in [1.82, 2.24) is 5.43 Å². The normalized spacial score (nSPS) is 10.4. The third-order valence-corrected chi connectivity index (χ3v) is 3.29. The van der Waals surface area contributed by atoms with Crippen LogP contribution in [0.5, 0.6) is 5.75 Å². The number of rotatable bonds is 6. The fourth-order valence-electron chi connectivity index (χ4n) is 1.79. The second-order valence-electron chi connectivity index (χ2n) is 5.03. The summed E-state index contributed by atoms with van der Waals surface area (Å²) in [6, 6.07) is 9.29. The fourth-order valence-corrected chi connectivity index (χ4v) is 2.03. The molecule has 0 unspecified atom stereocenters. The molecule has 2 amide bonds. The number of halogens is 2. The quantitative estimate of drug-likeness (QED) is 0.394. The van der Waals surface area contributed by atoms with Crippen LogP contribution in [0.15, 0.2) is 47.6 Å². The number of carbonyl (C=O) groups excluding carboxylic acids is 2. The molecule has 0 bridgehead atoms. The van der Waals surface area contributed by atoms with Crippen molar-refractivity contribution in [3.8, 4) is 5.75 Å². The molecule has 0 fully saturated rings. The summed E-state index contributed by atoms with van der Waals surface area (Å²) >= 11 is 5.95. The zero-order valence-electron chi connectivity index (χ0n) is 13.6. The van der Waals surface area contributed by atoms with Gasteiger partial charge < -0.3 is 15.2 Å². The molecule has 27 heavy (non-hydrogen) atoms. The Kier molecular flexibility index (Phi) is 6.84. The average molecular weight is 394 g/mol. The molecule has 10 heteroatoms. The second kappa shape index (κ2) is 9.30. The number of ether oxygens (including phenoxy) is 1. The summed E-state index contributed by atoms with van der Waals surface area (Å²) in [5.41, 5.74) is 2.76. The maximum Gasteiger partial charge on any atom is 0.341 e. The molecule has 0 aromatic heterocycles.